The van der Waals surface area contributed by atoms with Gasteiger partial charge >= 0.3 is 0 Å². The first-order chi connectivity index (χ1) is 5.16. The van der Waals surface area contributed by atoms with Crippen molar-refractivity contribution in [3.8, 4) is 6.07 Å². The number of allylic oxidation sites excluding steroid dienone is 4. The first-order valence-corrected chi connectivity index (χ1v) is 3.59. The number of thiocarbonyl (C=S) groups is 1. The summed E-state index contributed by atoms with van der Waals surface area (Å²) in [7, 11) is 0. The van der Waals surface area contributed by atoms with Crippen molar-refractivity contribution in [1.82, 2.24) is 0 Å². The van der Waals surface area contributed by atoms with Gasteiger partial charge in [0.15, 0.2) is 0 Å². The molecule has 56 valence electrons. The van der Waals surface area contributed by atoms with Gasteiger partial charge < -0.3 is 0 Å². The highest BCUT2D eigenvalue weighted by Crippen LogP contribution is 2.22. The van der Waals surface area contributed by atoms with Crippen LogP contribution in [0.1, 0.15) is 6.92 Å². The lowest BCUT2D eigenvalue weighted by atomic mass is 9.93. The molecular formula is C8H6FNS. The lowest BCUT2D eigenvalue weighted by Gasteiger charge is -2.13. The van der Waals surface area contributed by atoms with Crippen LogP contribution in [0.25, 0.3) is 0 Å². The van der Waals surface area contributed by atoms with Gasteiger partial charge in [0.2, 0.25) is 0 Å². The van der Waals surface area contributed by atoms with E-state index in [4.69, 9.17) is 17.5 Å². The van der Waals surface area contributed by atoms with Crippen LogP contribution < -0.4 is 0 Å². The minimum atomic E-state index is -0.397. The number of hydrogen-bond donors (Lipinski definition) is 0. The first kappa shape index (κ1) is 8.09. The number of nitrogens with zero attached hydrogens (tertiary/aromatic N) is 1. The Balaban J connectivity index is 3.05. The Morgan fingerprint density at radius 2 is 2.27 bits per heavy atom. The SMILES string of the molecule is CC1C(=S)C(F)=CC=C1C#N. The van der Waals surface area contributed by atoms with Gasteiger partial charge in [0.05, 0.1) is 10.9 Å². The van der Waals surface area contributed by atoms with Crippen molar-refractivity contribution >= 4 is 17.1 Å². The second kappa shape index (κ2) is 2.93. The maximum atomic E-state index is 12.7. The zero-order valence-corrected chi connectivity index (χ0v) is 6.78. The molecule has 0 aromatic heterocycles. The summed E-state index contributed by atoms with van der Waals surface area (Å²) in [6.07, 6.45) is 2.71. The second-order valence-corrected chi connectivity index (χ2v) is 2.77. The van der Waals surface area contributed by atoms with Crippen LogP contribution in [0.2, 0.25) is 0 Å². The van der Waals surface area contributed by atoms with E-state index in [1.165, 1.54) is 12.2 Å². The minimum Gasteiger partial charge on any atom is -0.206 e. The van der Waals surface area contributed by atoms with Crippen LogP contribution in [0.15, 0.2) is 23.6 Å². The largest absolute Gasteiger partial charge is 0.206 e. The summed E-state index contributed by atoms with van der Waals surface area (Å²) < 4.78 is 12.7. The molecule has 0 aromatic rings. The Hall–Kier alpha value is -1.01. The average molecular weight is 167 g/mol. The standard InChI is InChI=1S/C8H6FNS/c1-5-6(4-10)2-3-7(9)8(5)11/h2-3,5H,1H3. The van der Waals surface area contributed by atoms with Gasteiger partial charge in [-0.15, -0.1) is 0 Å². The van der Waals surface area contributed by atoms with Crippen molar-refractivity contribution in [3.05, 3.63) is 23.6 Å². The summed E-state index contributed by atoms with van der Waals surface area (Å²) in [5.74, 6) is -0.647. The van der Waals surface area contributed by atoms with Gasteiger partial charge in [0, 0.05) is 11.5 Å². The summed E-state index contributed by atoms with van der Waals surface area (Å²) in [5, 5.41) is 8.54. The summed E-state index contributed by atoms with van der Waals surface area (Å²) in [5.41, 5.74) is 0.524. The van der Waals surface area contributed by atoms with Gasteiger partial charge in [-0.05, 0) is 12.2 Å². The maximum absolute atomic E-state index is 12.7. The maximum Gasteiger partial charge on any atom is 0.137 e. The fourth-order valence-corrected chi connectivity index (χ4v) is 1.07. The molecule has 1 atom stereocenters. The molecule has 11 heavy (non-hydrogen) atoms. The molecule has 0 amide bonds. The lowest BCUT2D eigenvalue weighted by Crippen LogP contribution is -2.13. The van der Waals surface area contributed by atoms with E-state index in [1.54, 1.807) is 6.92 Å². The van der Waals surface area contributed by atoms with Gasteiger partial charge in [-0.3, -0.25) is 0 Å². The second-order valence-electron chi connectivity index (χ2n) is 2.33. The number of nitriles is 1. The number of halogens is 1. The summed E-state index contributed by atoms with van der Waals surface area (Å²) in [4.78, 5) is 0.226. The fourth-order valence-electron chi connectivity index (χ4n) is 0.872. The molecule has 0 fully saturated rings. The molecule has 0 aliphatic heterocycles. The van der Waals surface area contributed by atoms with E-state index in [-0.39, 0.29) is 10.8 Å². The topological polar surface area (TPSA) is 23.8 Å². The molecule has 0 aromatic carbocycles. The van der Waals surface area contributed by atoms with Gasteiger partial charge in [0.25, 0.3) is 0 Å². The predicted molar refractivity (Wildman–Crippen MR) is 44.6 cm³/mol. The van der Waals surface area contributed by atoms with E-state index < -0.39 is 5.83 Å². The van der Waals surface area contributed by atoms with Crippen LogP contribution in [0.3, 0.4) is 0 Å². The Morgan fingerprint density at radius 1 is 1.64 bits per heavy atom. The van der Waals surface area contributed by atoms with E-state index >= 15 is 0 Å². The van der Waals surface area contributed by atoms with Gasteiger partial charge in [-0.1, -0.05) is 19.1 Å². The van der Waals surface area contributed by atoms with E-state index in [0.29, 0.717) is 5.57 Å². The van der Waals surface area contributed by atoms with Gasteiger partial charge in [0.1, 0.15) is 5.83 Å². The molecule has 0 N–H and O–H groups in total. The first-order valence-electron chi connectivity index (χ1n) is 3.18. The number of hydrogen-bond acceptors (Lipinski definition) is 2. The van der Waals surface area contributed by atoms with Crippen LogP contribution in [0.5, 0.6) is 0 Å². The summed E-state index contributed by atoms with van der Waals surface area (Å²) >= 11 is 4.76. The van der Waals surface area contributed by atoms with Crippen LogP contribution >= 0.6 is 12.2 Å². The molecule has 1 aliphatic carbocycles. The molecule has 0 saturated heterocycles. The molecule has 0 spiro atoms. The summed E-state index contributed by atoms with van der Waals surface area (Å²) in [6.45, 7) is 1.73. The molecule has 1 unspecified atom stereocenters. The van der Waals surface area contributed by atoms with Crippen molar-refractivity contribution in [2.24, 2.45) is 5.92 Å². The molecule has 1 nitrogen and oxygen atoms in total. The highest BCUT2D eigenvalue weighted by atomic mass is 32.1. The van der Waals surface area contributed by atoms with Crippen molar-refractivity contribution in [1.29, 1.82) is 5.26 Å². The van der Waals surface area contributed by atoms with E-state index in [2.05, 4.69) is 0 Å². The third kappa shape index (κ3) is 1.36. The predicted octanol–water partition coefficient (Wildman–Crippen LogP) is 2.31. The van der Waals surface area contributed by atoms with E-state index in [9.17, 15) is 4.39 Å². The lowest BCUT2D eigenvalue weighted by molar-refractivity contribution is 0.670. The van der Waals surface area contributed by atoms with Crippen LogP contribution in [0, 0.1) is 17.2 Å². The Kier molecular flexibility index (Phi) is 2.16. The molecule has 0 saturated carbocycles. The smallest absolute Gasteiger partial charge is 0.137 e. The molecule has 3 heteroatoms. The molecule has 0 radical (unpaired) electrons. The normalized spacial score (nSPS) is 23.7. The van der Waals surface area contributed by atoms with Crippen molar-refractivity contribution in [2.45, 2.75) is 6.92 Å². The summed E-state index contributed by atoms with van der Waals surface area (Å²) in [6, 6.07) is 1.97. The monoisotopic (exact) mass is 167 g/mol. The third-order valence-corrected chi connectivity index (χ3v) is 2.18. The highest BCUT2D eigenvalue weighted by Gasteiger charge is 2.20. The average Bonchev–Trinajstić information content (AvgIpc) is 2.01. The molecule has 1 aliphatic rings. The van der Waals surface area contributed by atoms with Crippen molar-refractivity contribution in [2.75, 3.05) is 0 Å². The third-order valence-electron chi connectivity index (χ3n) is 1.63. The Bertz CT molecular complexity index is 296. The molecule has 0 bridgehead atoms. The fraction of sp³-hybridized carbons (Fsp3) is 0.250. The van der Waals surface area contributed by atoms with Gasteiger partial charge in [-0.25, -0.2) is 4.39 Å². The minimum absolute atomic E-state index is 0.226. The highest BCUT2D eigenvalue weighted by molar-refractivity contribution is 7.80. The molecular weight excluding hydrogens is 161 g/mol. The zero-order chi connectivity index (χ0) is 8.43. The van der Waals surface area contributed by atoms with Crippen molar-refractivity contribution in [3.63, 3.8) is 0 Å². The van der Waals surface area contributed by atoms with Crippen LogP contribution in [-0.2, 0) is 0 Å². The quantitative estimate of drug-likeness (QED) is 0.517. The molecule has 0 heterocycles. The van der Waals surface area contributed by atoms with Crippen LogP contribution in [0.4, 0.5) is 4.39 Å². The zero-order valence-electron chi connectivity index (χ0n) is 5.97. The van der Waals surface area contributed by atoms with Crippen molar-refractivity contribution < 1.29 is 4.39 Å². The van der Waals surface area contributed by atoms with Gasteiger partial charge in [-0.2, -0.15) is 5.26 Å². The van der Waals surface area contributed by atoms with E-state index in [1.807, 2.05) is 6.07 Å². The number of rotatable bonds is 0. The van der Waals surface area contributed by atoms with Crippen LogP contribution in [-0.4, -0.2) is 4.86 Å². The Morgan fingerprint density at radius 3 is 2.82 bits per heavy atom. The molecule has 1 rings (SSSR count). The van der Waals surface area contributed by atoms with E-state index in [0.717, 1.165) is 0 Å². The Labute approximate surface area is 69.8 Å².